The first-order chi connectivity index (χ1) is 15.5. The highest BCUT2D eigenvalue weighted by molar-refractivity contribution is 5.83. The Labute approximate surface area is 198 Å². The van der Waals surface area contributed by atoms with Crippen LogP contribution in [0.15, 0.2) is 30.3 Å². The molecule has 4 N–H and O–H groups in total. The van der Waals surface area contributed by atoms with Gasteiger partial charge in [-0.05, 0) is 24.5 Å². The number of ketones is 1. The summed E-state index contributed by atoms with van der Waals surface area (Å²) in [4.78, 5) is 13.1. The molecule has 1 aliphatic heterocycles. The zero-order valence-corrected chi connectivity index (χ0v) is 20.6. The van der Waals surface area contributed by atoms with Gasteiger partial charge in [0.25, 0.3) is 0 Å². The van der Waals surface area contributed by atoms with E-state index in [0.717, 1.165) is 5.56 Å². The van der Waals surface area contributed by atoms with Crippen molar-refractivity contribution in [2.75, 3.05) is 0 Å². The van der Waals surface area contributed by atoms with E-state index in [-0.39, 0.29) is 17.6 Å². The van der Waals surface area contributed by atoms with Gasteiger partial charge in [-0.3, -0.25) is 4.79 Å². The summed E-state index contributed by atoms with van der Waals surface area (Å²) in [6.07, 6.45) is -4.74. The lowest BCUT2D eigenvalue weighted by Gasteiger charge is -2.37. The number of carbonyl (C=O) groups excluding carboxylic acids is 1. The molecule has 1 saturated heterocycles. The number of carbonyl (C=O) groups is 1. The highest BCUT2D eigenvalue weighted by Gasteiger charge is 2.39. The van der Waals surface area contributed by atoms with Crippen molar-refractivity contribution < 1.29 is 30.0 Å². The maximum absolute atomic E-state index is 13.1. The molecule has 1 aromatic carbocycles. The van der Waals surface area contributed by atoms with Crippen LogP contribution in [-0.4, -0.2) is 56.9 Å². The van der Waals surface area contributed by atoms with E-state index in [1.807, 2.05) is 44.2 Å². The summed E-state index contributed by atoms with van der Waals surface area (Å²) < 4.78 is 5.87. The second-order valence-corrected chi connectivity index (χ2v) is 9.94. The van der Waals surface area contributed by atoms with Gasteiger partial charge in [0.2, 0.25) is 0 Å². The van der Waals surface area contributed by atoms with Crippen LogP contribution < -0.4 is 0 Å². The van der Waals surface area contributed by atoms with Crippen LogP contribution in [0, 0.1) is 47.3 Å². The van der Waals surface area contributed by atoms with E-state index in [9.17, 15) is 25.2 Å². The highest BCUT2D eigenvalue weighted by atomic mass is 16.6. The van der Waals surface area contributed by atoms with E-state index >= 15 is 0 Å². The van der Waals surface area contributed by atoms with Crippen LogP contribution in [0.3, 0.4) is 0 Å². The van der Waals surface area contributed by atoms with Crippen molar-refractivity contribution >= 4 is 5.78 Å². The lowest BCUT2D eigenvalue weighted by atomic mass is 9.77. The van der Waals surface area contributed by atoms with Gasteiger partial charge in [-0.15, -0.1) is 0 Å². The van der Waals surface area contributed by atoms with Gasteiger partial charge in [-0.25, -0.2) is 0 Å². The van der Waals surface area contributed by atoms with Crippen molar-refractivity contribution in [2.45, 2.75) is 78.7 Å². The molecule has 0 aromatic heterocycles. The van der Waals surface area contributed by atoms with E-state index in [4.69, 9.17) is 4.74 Å². The fourth-order valence-electron chi connectivity index (χ4n) is 4.67. The quantitative estimate of drug-likeness (QED) is 0.444. The first kappa shape index (κ1) is 27.5. The van der Waals surface area contributed by atoms with Gasteiger partial charge >= 0.3 is 0 Å². The molecule has 1 aromatic rings. The number of hydrogen-bond donors (Lipinski definition) is 4. The van der Waals surface area contributed by atoms with Crippen LogP contribution in [0.25, 0.3) is 0 Å². The second-order valence-electron chi connectivity index (χ2n) is 9.94. The van der Waals surface area contributed by atoms with Crippen LogP contribution >= 0.6 is 0 Å². The SMILES string of the molecule is C[C@@H]1[C@@H](O)[C@H](C)[C@@H](O)[C@@H](C)C[C@@H](C)C(=O)[C@H](C)[C@@H](O)[C@@H](C)[C@@H](C#Cc2ccccc2)O[C@@H]1O. The van der Waals surface area contributed by atoms with Crippen molar-refractivity contribution in [1.82, 2.24) is 0 Å². The molecule has 6 heteroatoms. The Morgan fingerprint density at radius 1 is 0.818 bits per heavy atom. The monoisotopic (exact) mass is 460 g/mol. The normalized spacial score (nSPS) is 41.5. The number of rotatable bonds is 0. The van der Waals surface area contributed by atoms with Gasteiger partial charge in [0.15, 0.2) is 6.29 Å². The minimum atomic E-state index is -1.37. The molecular weight excluding hydrogens is 420 g/mol. The van der Waals surface area contributed by atoms with Gasteiger partial charge in [0.05, 0.1) is 18.3 Å². The van der Waals surface area contributed by atoms with Gasteiger partial charge in [-0.2, -0.15) is 0 Å². The van der Waals surface area contributed by atoms with Gasteiger partial charge in [-0.1, -0.05) is 71.6 Å². The molecule has 0 spiro atoms. The molecule has 1 aliphatic rings. The minimum Gasteiger partial charge on any atom is -0.392 e. The predicted octanol–water partition coefficient (Wildman–Crippen LogP) is 2.61. The molecule has 184 valence electrons. The Kier molecular flexibility index (Phi) is 10.1. The molecule has 33 heavy (non-hydrogen) atoms. The fourth-order valence-corrected chi connectivity index (χ4v) is 4.67. The van der Waals surface area contributed by atoms with Crippen LogP contribution in [0.1, 0.15) is 53.5 Å². The predicted molar refractivity (Wildman–Crippen MR) is 127 cm³/mol. The summed E-state index contributed by atoms with van der Waals surface area (Å²) in [5.41, 5.74) is 0.758. The van der Waals surface area contributed by atoms with Crippen LogP contribution in [0.4, 0.5) is 0 Å². The zero-order chi connectivity index (χ0) is 24.9. The number of benzene rings is 1. The molecule has 0 aliphatic carbocycles. The average molecular weight is 461 g/mol. The first-order valence-corrected chi connectivity index (χ1v) is 11.9. The van der Waals surface area contributed by atoms with Crippen molar-refractivity contribution in [3.05, 3.63) is 35.9 Å². The van der Waals surface area contributed by atoms with E-state index < -0.39 is 54.4 Å². The second kappa shape index (κ2) is 12.1. The summed E-state index contributed by atoms with van der Waals surface area (Å²) in [5.74, 6) is 2.85. The highest BCUT2D eigenvalue weighted by Crippen LogP contribution is 2.31. The van der Waals surface area contributed by atoms with E-state index in [1.54, 1.807) is 27.7 Å². The zero-order valence-electron chi connectivity index (χ0n) is 20.6. The van der Waals surface area contributed by atoms with E-state index in [2.05, 4.69) is 11.8 Å². The van der Waals surface area contributed by atoms with Gasteiger partial charge in [0.1, 0.15) is 11.9 Å². The fraction of sp³-hybridized carbons (Fsp3) is 0.667. The Balaban J connectivity index is 2.43. The number of aliphatic hydroxyl groups excluding tert-OH is 4. The maximum Gasteiger partial charge on any atom is 0.161 e. The molecule has 0 radical (unpaired) electrons. The van der Waals surface area contributed by atoms with Gasteiger partial charge < -0.3 is 25.2 Å². The molecular formula is C27H40O6. The lowest BCUT2D eigenvalue weighted by Crippen LogP contribution is -2.46. The van der Waals surface area contributed by atoms with Crippen molar-refractivity contribution in [2.24, 2.45) is 35.5 Å². The summed E-state index contributed by atoms with van der Waals surface area (Å²) >= 11 is 0. The van der Waals surface area contributed by atoms with Crippen molar-refractivity contribution in [3.63, 3.8) is 0 Å². The van der Waals surface area contributed by atoms with Crippen molar-refractivity contribution in [3.8, 4) is 11.8 Å². The lowest BCUT2D eigenvalue weighted by molar-refractivity contribution is -0.194. The van der Waals surface area contributed by atoms with Crippen molar-refractivity contribution in [1.29, 1.82) is 0 Å². The third-order valence-corrected chi connectivity index (χ3v) is 7.26. The third-order valence-electron chi connectivity index (χ3n) is 7.26. The molecule has 0 bridgehead atoms. The Morgan fingerprint density at radius 2 is 1.42 bits per heavy atom. The smallest absolute Gasteiger partial charge is 0.161 e. The standard InChI is InChI=1S/C27H40O6/c1-15-14-16(2)24(29)19(5)26(31)20(6)27(32)33-22(13-12-21-10-8-7-9-11-21)17(3)25(30)18(4)23(15)28/h7-11,15-20,22,24-27,29-32H,14H2,1-6H3/t15-,16+,17+,18+,19-,20-,22-,24+,25+,26+,27+/m1/s1. The number of aliphatic hydroxyl groups is 4. The number of Topliss-reactive ketones (excluding diaryl/α,β-unsaturated/α-hetero) is 1. The topological polar surface area (TPSA) is 107 Å². The molecule has 2 rings (SSSR count). The average Bonchev–Trinajstić information content (AvgIpc) is 2.82. The van der Waals surface area contributed by atoms with E-state index in [1.165, 1.54) is 0 Å². The number of hydrogen-bond acceptors (Lipinski definition) is 6. The van der Waals surface area contributed by atoms with Crippen LogP contribution in [0.2, 0.25) is 0 Å². The maximum atomic E-state index is 13.1. The van der Waals surface area contributed by atoms with E-state index in [0.29, 0.717) is 6.42 Å². The van der Waals surface area contributed by atoms with Gasteiger partial charge in [0, 0.05) is 35.2 Å². The molecule has 1 heterocycles. The summed E-state index contributed by atoms with van der Waals surface area (Å²) in [7, 11) is 0. The molecule has 0 unspecified atom stereocenters. The summed E-state index contributed by atoms with van der Waals surface area (Å²) in [6, 6.07) is 9.29. The Hall–Kier alpha value is -1.75. The van der Waals surface area contributed by atoms with Crippen LogP contribution in [0.5, 0.6) is 0 Å². The Bertz CT molecular complexity index is 815. The first-order valence-electron chi connectivity index (χ1n) is 11.9. The Morgan fingerprint density at radius 3 is 2.03 bits per heavy atom. The largest absolute Gasteiger partial charge is 0.392 e. The van der Waals surface area contributed by atoms with Crippen LogP contribution in [-0.2, 0) is 9.53 Å². The summed E-state index contributed by atoms with van der Waals surface area (Å²) in [6.45, 7) is 10.5. The molecule has 0 amide bonds. The molecule has 0 saturated carbocycles. The third kappa shape index (κ3) is 6.88. The molecule has 6 nitrogen and oxygen atoms in total. The summed E-state index contributed by atoms with van der Waals surface area (Å²) in [5, 5.41) is 43.4. The number of ether oxygens (including phenoxy) is 1. The minimum absolute atomic E-state index is 0.0950. The molecule has 11 atom stereocenters. The molecule has 1 fully saturated rings.